The average Bonchev–Trinajstić information content (AvgIpc) is 3.63. The lowest BCUT2D eigenvalue weighted by atomic mass is 10.1. The number of fused-ring (bicyclic) bond motifs is 2. The van der Waals surface area contributed by atoms with E-state index >= 15 is 0 Å². The number of anilines is 2. The van der Waals surface area contributed by atoms with E-state index in [9.17, 15) is 10.1 Å². The number of carbonyl (C=O) groups is 1. The van der Waals surface area contributed by atoms with Gasteiger partial charge in [-0.1, -0.05) is 0 Å². The number of morpholine rings is 1. The van der Waals surface area contributed by atoms with Crippen molar-refractivity contribution >= 4 is 28.6 Å². The summed E-state index contributed by atoms with van der Waals surface area (Å²) in [6.45, 7) is 2.90. The first-order valence-corrected chi connectivity index (χ1v) is 11.1. The van der Waals surface area contributed by atoms with Crippen LogP contribution in [0.1, 0.15) is 40.4 Å². The molecule has 10 heteroatoms. The number of carbonyl (C=O) groups excluding carboxylic acids is 1. The van der Waals surface area contributed by atoms with Crippen molar-refractivity contribution in [1.29, 1.82) is 5.26 Å². The first-order chi connectivity index (χ1) is 16.2. The lowest BCUT2D eigenvalue weighted by Gasteiger charge is -2.29. The van der Waals surface area contributed by atoms with Crippen LogP contribution in [0.3, 0.4) is 0 Å². The van der Waals surface area contributed by atoms with Crippen molar-refractivity contribution in [2.45, 2.75) is 18.8 Å². The topological polar surface area (TPSA) is 125 Å². The smallest absolute Gasteiger partial charge is 0.257 e. The fourth-order valence-corrected chi connectivity index (χ4v) is 4.32. The molecule has 0 unspecified atom stereocenters. The second-order valence-electron chi connectivity index (χ2n) is 8.29. The maximum Gasteiger partial charge on any atom is 0.257 e. The summed E-state index contributed by atoms with van der Waals surface area (Å²) in [5.74, 6) is 1.54. The molecule has 2 aromatic heterocycles. The summed E-state index contributed by atoms with van der Waals surface area (Å²) in [6, 6.07) is 5.75. The van der Waals surface area contributed by atoms with Crippen LogP contribution in [-0.4, -0.2) is 65.3 Å². The van der Waals surface area contributed by atoms with Gasteiger partial charge in [0.05, 0.1) is 41.1 Å². The number of aromatic amines is 1. The zero-order chi connectivity index (χ0) is 22.4. The van der Waals surface area contributed by atoms with Gasteiger partial charge in [0.2, 0.25) is 5.95 Å². The Kier molecular flexibility index (Phi) is 4.77. The molecule has 0 spiro atoms. The van der Waals surface area contributed by atoms with Crippen molar-refractivity contribution in [3.63, 3.8) is 0 Å². The molecule has 0 bridgehead atoms. The van der Waals surface area contributed by atoms with Crippen LogP contribution in [0.15, 0.2) is 18.3 Å². The molecule has 6 rings (SSSR count). The van der Waals surface area contributed by atoms with Gasteiger partial charge in [0, 0.05) is 25.2 Å². The third kappa shape index (κ3) is 3.50. The van der Waals surface area contributed by atoms with E-state index in [1.165, 1.54) is 0 Å². The van der Waals surface area contributed by atoms with E-state index < -0.39 is 0 Å². The average molecular weight is 446 g/mol. The van der Waals surface area contributed by atoms with Crippen LogP contribution in [0.2, 0.25) is 0 Å². The summed E-state index contributed by atoms with van der Waals surface area (Å²) in [5.41, 5.74) is 3.15. The molecule has 3 aliphatic rings. The minimum absolute atomic E-state index is 0.101. The highest BCUT2D eigenvalue weighted by Gasteiger charge is 2.31. The Bertz CT molecular complexity index is 1290. The van der Waals surface area contributed by atoms with Gasteiger partial charge in [-0.05, 0) is 25.0 Å². The zero-order valence-corrected chi connectivity index (χ0v) is 17.9. The van der Waals surface area contributed by atoms with Gasteiger partial charge in [-0.15, -0.1) is 0 Å². The molecule has 2 N–H and O–H groups in total. The normalized spacial score (nSPS) is 17.6. The molecule has 4 heterocycles. The van der Waals surface area contributed by atoms with Crippen molar-refractivity contribution in [3.05, 3.63) is 35.2 Å². The number of ether oxygens (including phenoxy) is 3. The fourth-order valence-electron chi connectivity index (χ4n) is 4.32. The van der Waals surface area contributed by atoms with Gasteiger partial charge in [-0.3, -0.25) is 4.79 Å². The van der Waals surface area contributed by atoms with Gasteiger partial charge in [0.1, 0.15) is 24.9 Å². The Labute approximate surface area is 189 Å². The summed E-state index contributed by atoms with van der Waals surface area (Å²) in [4.78, 5) is 27.3. The van der Waals surface area contributed by atoms with E-state index in [4.69, 9.17) is 19.2 Å². The lowest BCUT2D eigenvalue weighted by molar-refractivity contribution is 0.0298. The molecular formula is C23H22N6O4. The highest BCUT2D eigenvalue weighted by atomic mass is 16.6. The quantitative estimate of drug-likeness (QED) is 0.627. The van der Waals surface area contributed by atoms with E-state index in [0.717, 1.165) is 23.9 Å². The molecule has 1 saturated heterocycles. The predicted molar refractivity (Wildman–Crippen MR) is 118 cm³/mol. The number of rotatable bonds is 4. The second kappa shape index (κ2) is 7.94. The van der Waals surface area contributed by atoms with Crippen molar-refractivity contribution in [3.8, 4) is 17.6 Å². The van der Waals surface area contributed by atoms with Crippen LogP contribution < -0.4 is 14.8 Å². The Morgan fingerprint density at radius 1 is 1.12 bits per heavy atom. The highest BCUT2D eigenvalue weighted by Crippen LogP contribution is 2.44. The minimum Gasteiger partial charge on any atom is -0.485 e. The molecule has 1 amide bonds. The Morgan fingerprint density at radius 3 is 2.67 bits per heavy atom. The van der Waals surface area contributed by atoms with Gasteiger partial charge in [-0.2, -0.15) is 10.2 Å². The molecular weight excluding hydrogens is 424 g/mol. The van der Waals surface area contributed by atoms with Gasteiger partial charge < -0.3 is 29.4 Å². The molecule has 0 atom stereocenters. The lowest BCUT2D eigenvalue weighted by Crippen LogP contribution is -2.41. The van der Waals surface area contributed by atoms with Crippen LogP contribution in [0.4, 0.5) is 11.6 Å². The molecule has 0 radical (unpaired) electrons. The number of hydrogen-bond acceptors (Lipinski definition) is 8. The highest BCUT2D eigenvalue weighted by molar-refractivity contribution is 5.99. The molecule has 168 valence electrons. The first kappa shape index (κ1) is 19.8. The zero-order valence-electron chi connectivity index (χ0n) is 17.9. The molecule has 1 saturated carbocycles. The van der Waals surface area contributed by atoms with Crippen LogP contribution in [0.25, 0.3) is 11.0 Å². The third-order valence-electron chi connectivity index (χ3n) is 6.11. The maximum absolute atomic E-state index is 13.1. The van der Waals surface area contributed by atoms with Crippen molar-refractivity contribution in [1.82, 2.24) is 19.9 Å². The van der Waals surface area contributed by atoms with Crippen molar-refractivity contribution < 1.29 is 19.0 Å². The van der Waals surface area contributed by atoms with E-state index in [1.807, 2.05) is 0 Å². The van der Waals surface area contributed by atoms with Gasteiger partial charge >= 0.3 is 0 Å². The van der Waals surface area contributed by atoms with Crippen LogP contribution in [0.5, 0.6) is 11.5 Å². The number of aromatic nitrogens is 3. The monoisotopic (exact) mass is 446 g/mol. The Balaban J connectivity index is 1.37. The summed E-state index contributed by atoms with van der Waals surface area (Å²) in [5, 5.41) is 13.5. The molecule has 1 aromatic carbocycles. The van der Waals surface area contributed by atoms with Crippen LogP contribution >= 0.6 is 0 Å². The van der Waals surface area contributed by atoms with E-state index in [1.54, 1.807) is 23.2 Å². The summed E-state index contributed by atoms with van der Waals surface area (Å²) >= 11 is 0. The first-order valence-electron chi connectivity index (χ1n) is 11.1. The predicted octanol–water partition coefficient (Wildman–Crippen LogP) is 2.69. The molecule has 33 heavy (non-hydrogen) atoms. The number of benzene rings is 1. The molecule has 2 aliphatic heterocycles. The minimum atomic E-state index is -0.101. The second-order valence-corrected chi connectivity index (χ2v) is 8.29. The summed E-state index contributed by atoms with van der Waals surface area (Å²) in [6.07, 6.45) is 3.76. The van der Waals surface area contributed by atoms with Gasteiger partial charge in [0.25, 0.3) is 5.91 Å². The standard InChI is InChI=1S/C23H22N6O4/c24-11-14-12-25-21-17(14)18(13-1-2-13)27-23(28-21)26-16-4-3-15(19-20(16)33-10-9-32-19)22(30)29-5-7-31-8-6-29/h3-4,12-13H,1-2,5-10H2,(H2,25,26,27,28). The number of hydrogen-bond donors (Lipinski definition) is 2. The number of H-pyrrole nitrogens is 1. The third-order valence-corrected chi connectivity index (χ3v) is 6.11. The maximum atomic E-state index is 13.1. The number of nitriles is 1. The molecule has 10 nitrogen and oxygen atoms in total. The van der Waals surface area contributed by atoms with Crippen LogP contribution in [-0.2, 0) is 4.74 Å². The fraction of sp³-hybridized carbons (Fsp3) is 0.391. The summed E-state index contributed by atoms with van der Waals surface area (Å²) < 4.78 is 17.2. The largest absolute Gasteiger partial charge is 0.485 e. The summed E-state index contributed by atoms with van der Waals surface area (Å²) in [7, 11) is 0. The Morgan fingerprint density at radius 2 is 1.91 bits per heavy atom. The van der Waals surface area contributed by atoms with Crippen molar-refractivity contribution in [2.75, 3.05) is 44.8 Å². The van der Waals surface area contributed by atoms with Crippen molar-refractivity contribution in [2.24, 2.45) is 0 Å². The molecule has 2 fully saturated rings. The van der Waals surface area contributed by atoms with Gasteiger partial charge in [-0.25, -0.2) is 4.98 Å². The van der Waals surface area contributed by atoms with E-state index in [2.05, 4.69) is 21.4 Å². The van der Waals surface area contributed by atoms with E-state index in [0.29, 0.717) is 85.3 Å². The van der Waals surface area contributed by atoms with Crippen LogP contribution in [0, 0.1) is 11.3 Å². The molecule has 1 aliphatic carbocycles. The Hall–Kier alpha value is -3.84. The number of nitrogens with one attached hydrogen (secondary N) is 2. The van der Waals surface area contributed by atoms with E-state index in [-0.39, 0.29) is 5.91 Å². The number of nitrogens with zero attached hydrogens (tertiary/aromatic N) is 4. The molecule has 3 aromatic rings. The number of amides is 1. The van der Waals surface area contributed by atoms with Gasteiger partial charge in [0.15, 0.2) is 11.5 Å². The SMILES string of the molecule is N#Cc1c[nH]c2nc(Nc3ccc(C(=O)N4CCOCC4)c4c3OCCO4)nc(C3CC3)c12.